The summed E-state index contributed by atoms with van der Waals surface area (Å²) in [4.78, 5) is 26.8. The fourth-order valence-electron chi connectivity index (χ4n) is 0.449. The standard InChI is InChI=1S/C6H13NO2.CO2/c1-2-3-6(8)9-5-4-7;2-1-3/h2-5,7H2,1H3;. The molecule has 0 unspecified atom stereocenters. The van der Waals surface area contributed by atoms with Crippen LogP contribution in [0.25, 0.3) is 0 Å². The highest BCUT2D eigenvalue weighted by molar-refractivity contribution is 5.69. The van der Waals surface area contributed by atoms with Crippen molar-refractivity contribution in [2.24, 2.45) is 5.73 Å². The minimum Gasteiger partial charge on any atom is -0.464 e. The molecule has 0 amide bonds. The van der Waals surface area contributed by atoms with Crippen LogP contribution in [0.1, 0.15) is 19.8 Å². The Morgan fingerprint density at radius 2 is 2.00 bits per heavy atom. The van der Waals surface area contributed by atoms with Gasteiger partial charge in [0.1, 0.15) is 6.61 Å². The summed E-state index contributed by atoms with van der Waals surface area (Å²) in [6, 6.07) is 0. The molecule has 0 aliphatic rings. The second-order valence-electron chi connectivity index (χ2n) is 1.84. The largest absolute Gasteiger partial charge is 0.464 e. The molecule has 0 aliphatic heterocycles. The number of nitrogens with two attached hydrogens (primary N) is 1. The van der Waals surface area contributed by atoms with Crippen LogP contribution in [-0.2, 0) is 19.1 Å². The molecule has 0 aromatic carbocycles. The highest BCUT2D eigenvalue weighted by Crippen LogP contribution is 1.89. The van der Waals surface area contributed by atoms with Gasteiger partial charge in [-0.15, -0.1) is 0 Å². The van der Waals surface area contributed by atoms with Crippen LogP contribution in [0, 0.1) is 0 Å². The van der Waals surface area contributed by atoms with Crippen LogP contribution in [0.2, 0.25) is 0 Å². The fraction of sp³-hybridized carbons (Fsp3) is 0.714. The third-order valence-corrected chi connectivity index (χ3v) is 0.835. The highest BCUT2D eigenvalue weighted by atomic mass is 16.5. The normalized spacial score (nSPS) is 7.50. The van der Waals surface area contributed by atoms with E-state index in [-0.39, 0.29) is 12.1 Å². The van der Waals surface area contributed by atoms with Gasteiger partial charge in [0, 0.05) is 13.0 Å². The average Bonchev–Trinajstić information content (AvgIpc) is 2.03. The minimum absolute atomic E-state index is 0.150. The Labute approximate surface area is 70.9 Å². The second-order valence-corrected chi connectivity index (χ2v) is 1.84. The smallest absolute Gasteiger partial charge is 0.373 e. The molecule has 0 aromatic heterocycles. The number of hydrogen-bond acceptors (Lipinski definition) is 5. The van der Waals surface area contributed by atoms with Gasteiger partial charge in [-0.1, -0.05) is 6.92 Å². The maximum atomic E-state index is 10.5. The molecule has 5 nitrogen and oxygen atoms in total. The lowest BCUT2D eigenvalue weighted by Gasteiger charge is -1.99. The van der Waals surface area contributed by atoms with Crippen molar-refractivity contribution < 1.29 is 19.1 Å². The molecule has 0 aromatic rings. The van der Waals surface area contributed by atoms with Gasteiger partial charge in [0.05, 0.1) is 0 Å². The van der Waals surface area contributed by atoms with Gasteiger partial charge < -0.3 is 10.5 Å². The first kappa shape index (κ1) is 13.4. The number of hydrogen-bond donors (Lipinski definition) is 1. The van der Waals surface area contributed by atoms with Gasteiger partial charge in [-0.25, -0.2) is 0 Å². The van der Waals surface area contributed by atoms with Gasteiger partial charge in [0.2, 0.25) is 0 Å². The van der Waals surface area contributed by atoms with E-state index in [1.165, 1.54) is 0 Å². The Morgan fingerprint density at radius 1 is 1.50 bits per heavy atom. The zero-order chi connectivity index (χ0) is 9.82. The number of esters is 1. The van der Waals surface area contributed by atoms with Crippen molar-refractivity contribution in [2.45, 2.75) is 19.8 Å². The van der Waals surface area contributed by atoms with Crippen molar-refractivity contribution in [3.63, 3.8) is 0 Å². The van der Waals surface area contributed by atoms with Crippen LogP contribution in [0.15, 0.2) is 0 Å². The maximum absolute atomic E-state index is 10.5. The molecule has 0 radical (unpaired) electrons. The lowest BCUT2D eigenvalue weighted by Crippen LogP contribution is -2.12. The molecule has 0 saturated heterocycles. The van der Waals surface area contributed by atoms with Crippen molar-refractivity contribution in [2.75, 3.05) is 13.2 Å². The van der Waals surface area contributed by atoms with E-state index < -0.39 is 0 Å². The fourth-order valence-corrected chi connectivity index (χ4v) is 0.449. The highest BCUT2D eigenvalue weighted by Gasteiger charge is 1.96. The molecule has 0 aliphatic carbocycles. The molecule has 5 heteroatoms. The van der Waals surface area contributed by atoms with E-state index in [0.29, 0.717) is 19.6 Å². The van der Waals surface area contributed by atoms with Gasteiger partial charge in [0.15, 0.2) is 0 Å². The summed E-state index contributed by atoms with van der Waals surface area (Å²) in [6.45, 7) is 2.69. The lowest BCUT2D eigenvalue weighted by atomic mass is 10.3. The van der Waals surface area contributed by atoms with Crippen molar-refractivity contribution in [3.8, 4) is 0 Å². The third kappa shape index (κ3) is 15.9. The molecule has 2 N–H and O–H groups in total. The summed E-state index contributed by atoms with van der Waals surface area (Å²) in [5.74, 6) is -0.150. The molecule has 12 heavy (non-hydrogen) atoms. The first-order chi connectivity index (χ1) is 5.72. The van der Waals surface area contributed by atoms with E-state index in [4.69, 9.17) is 15.3 Å². The van der Waals surface area contributed by atoms with Crippen LogP contribution in [-0.4, -0.2) is 25.3 Å². The van der Waals surface area contributed by atoms with Crippen molar-refractivity contribution >= 4 is 12.1 Å². The molecule has 0 rings (SSSR count). The third-order valence-electron chi connectivity index (χ3n) is 0.835. The topological polar surface area (TPSA) is 86.5 Å². The molecule has 70 valence electrons. The summed E-state index contributed by atoms with van der Waals surface area (Å²) in [5.41, 5.74) is 5.10. The average molecular weight is 175 g/mol. The van der Waals surface area contributed by atoms with Crippen LogP contribution in [0.3, 0.4) is 0 Å². The molecular formula is C7H13NO4. The summed E-state index contributed by atoms with van der Waals surface area (Å²) in [5, 5.41) is 0. The number of rotatable bonds is 4. The Morgan fingerprint density at radius 3 is 2.33 bits per heavy atom. The number of carbonyl (C=O) groups is 1. The minimum atomic E-state index is -0.150. The van der Waals surface area contributed by atoms with E-state index >= 15 is 0 Å². The van der Waals surface area contributed by atoms with E-state index in [2.05, 4.69) is 4.74 Å². The molecule has 0 fully saturated rings. The van der Waals surface area contributed by atoms with Crippen LogP contribution < -0.4 is 5.73 Å². The molecule has 0 atom stereocenters. The molecular weight excluding hydrogens is 162 g/mol. The molecule has 0 saturated carbocycles. The van der Waals surface area contributed by atoms with Crippen molar-refractivity contribution in [1.29, 1.82) is 0 Å². The Kier molecular flexibility index (Phi) is 13.9. The van der Waals surface area contributed by atoms with Gasteiger partial charge in [0.25, 0.3) is 0 Å². The SMILES string of the molecule is CCCC(=O)OCCN.O=C=O. The van der Waals surface area contributed by atoms with Gasteiger partial charge >= 0.3 is 12.1 Å². The zero-order valence-corrected chi connectivity index (χ0v) is 7.04. The Hall–Kier alpha value is -1.19. The Bertz CT molecular complexity index is 140. The molecule has 0 heterocycles. The van der Waals surface area contributed by atoms with Crippen molar-refractivity contribution in [1.82, 2.24) is 0 Å². The summed E-state index contributed by atoms with van der Waals surface area (Å²) >= 11 is 0. The van der Waals surface area contributed by atoms with E-state index in [1.807, 2.05) is 6.92 Å². The van der Waals surface area contributed by atoms with Crippen LogP contribution >= 0.6 is 0 Å². The van der Waals surface area contributed by atoms with Gasteiger partial charge in [-0.2, -0.15) is 9.59 Å². The van der Waals surface area contributed by atoms with Gasteiger partial charge in [-0.3, -0.25) is 4.79 Å². The lowest BCUT2D eigenvalue weighted by molar-refractivity contribution is -0.191. The molecule has 0 spiro atoms. The van der Waals surface area contributed by atoms with Gasteiger partial charge in [-0.05, 0) is 6.42 Å². The predicted octanol–water partition coefficient (Wildman–Crippen LogP) is -0.295. The van der Waals surface area contributed by atoms with E-state index in [1.54, 1.807) is 0 Å². The summed E-state index contributed by atoms with van der Waals surface area (Å²) < 4.78 is 4.67. The predicted molar refractivity (Wildman–Crippen MR) is 39.9 cm³/mol. The quantitative estimate of drug-likeness (QED) is 0.593. The zero-order valence-electron chi connectivity index (χ0n) is 7.04. The maximum Gasteiger partial charge on any atom is 0.373 e. The van der Waals surface area contributed by atoms with Crippen LogP contribution in [0.4, 0.5) is 0 Å². The first-order valence-electron chi connectivity index (χ1n) is 3.57. The summed E-state index contributed by atoms with van der Waals surface area (Å²) in [6.07, 6.45) is 1.59. The van der Waals surface area contributed by atoms with Crippen LogP contribution in [0.5, 0.6) is 0 Å². The van der Waals surface area contributed by atoms with Crippen molar-refractivity contribution in [3.05, 3.63) is 0 Å². The van der Waals surface area contributed by atoms with E-state index in [9.17, 15) is 4.79 Å². The Balaban J connectivity index is 0. The second kappa shape index (κ2) is 12.5. The van der Waals surface area contributed by atoms with E-state index in [0.717, 1.165) is 6.42 Å². The first-order valence-corrected chi connectivity index (χ1v) is 3.57. The monoisotopic (exact) mass is 175 g/mol. The number of carbonyl (C=O) groups excluding carboxylic acids is 3. The molecule has 0 bridgehead atoms. The number of ether oxygens (including phenoxy) is 1. The summed E-state index contributed by atoms with van der Waals surface area (Å²) in [7, 11) is 0.